The fraction of sp³-hybridized carbons (Fsp3) is 0.0435. The molecular formula is C23H17N5O2. The van der Waals surface area contributed by atoms with Crippen molar-refractivity contribution in [2.24, 2.45) is 7.05 Å². The van der Waals surface area contributed by atoms with Gasteiger partial charge >= 0.3 is 0 Å². The predicted molar refractivity (Wildman–Crippen MR) is 118 cm³/mol. The van der Waals surface area contributed by atoms with Crippen LogP contribution in [0.2, 0.25) is 0 Å². The minimum Gasteiger partial charge on any atom is -0.368 e. The zero-order chi connectivity index (χ0) is 20.8. The maximum Gasteiger partial charge on any atom is 0.269 e. The number of nitro groups is 1. The highest BCUT2D eigenvalue weighted by Gasteiger charge is 2.12. The van der Waals surface area contributed by atoms with E-state index in [1.54, 1.807) is 12.1 Å². The van der Waals surface area contributed by atoms with Crippen LogP contribution in [0.3, 0.4) is 0 Å². The number of aryl methyl sites for hydroxylation is 1. The third kappa shape index (κ3) is 2.84. The highest BCUT2D eigenvalue weighted by molar-refractivity contribution is 6.09. The maximum atomic E-state index is 10.9. The van der Waals surface area contributed by atoms with Gasteiger partial charge in [-0.25, -0.2) is 9.97 Å². The lowest BCUT2D eigenvalue weighted by atomic mass is 10.0. The molecule has 0 spiro atoms. The average Bonchev–Trinajstić information content (AvgIpc) is 3.05. The summed E-state index contributed by atoms with van der Waals surface area (Å²) in [5.41, 5.74) is 11.3. The molecule has 30 heavy (non-hydrogen) atoms. The lowest BCUT2D eigenvalue weighted by Gasteiger charge is -2.07. The minimum atomic E-state index is -0.428. The summed E-state index contributed by atoms with van der Waals surface area (Å²) in [5.74, 6) is 0.152. The van der Waals surface area contributed by atoms with E-state index in [2.05, 4.69) is 45.8 Å². The number of benzene rings is 3. The first kappa shape index (κ1) is 17.8. The van der Waals surface area contributed by atoms with Crippen LogP contribution in [0.25, 0.3) is 44.3 Å². The lowest BCUT2D eigenvalue weighted by molar-refractivity contribution is -0.384. The molecule has 2 aromatic heterocycles. The van der Waals surface area contributed by atoms with E-state index in [0.29, 0.717) is 11.4 Å². The number of nitrogens with zero attached hydrogens (tertiary/aromatic N) is 4. The van der Waals surface area contributed by atoms with E-state index in [1.807, 2.05) is 24.3 Å². The highest BCUT2D eigenvalue weighted by Crippen LogP contribution is 2.32. The number of rotatable bonds is 3. The molecule has 3 aromatic carbocycles. The Morgan fingerprint density at radius 1 is 0.833 bits per heavy atom. The Labute approximate surface area is 171 Å². The summed E-state index contributed by atoms with van der Waals surface area (Å²) in [6.45, 7) is 0. The summed E-state index contributed by atoms with van der Waals surface area (Å²) in [6, 6.07) is 22.6. The number of para-hydroxylation sites is 1. The van der Waals surface area contributed by atoms with E-state index in [0.717, 1.165) is 22.0 Å². The summed E-state index contributed by atoms with van der Waals surface area (Å²) < 4.78 is 2.17. The number of non-ortho nitro benzene ring substituents is 1. The third-order valence-corrected chi connectivity index (χ3v) is 5.33. The molecule has 0 aliphatic rings. The average molecular weight is 395 g/mol. The van der Waals surface area contributed by atoms with E-state index < -0.39 is 4.92 Å². The quantitative estimate of drug-likeness (QED) is 0.344. The van der Waals surface area contributed by atoms with Gasteiger partial charge < -0.3 is 10.3 Å². The number of nitrogens with two attached hydrogens (primary N) is 1. The molecule has 7 nitrogen and oxygen atoms in total. The van der Waals surface area contributed by atoms with Crippen LogP contribution in [-0.4, -0.2) is 19.5 Å². The third-order valence-electron chi connectivity index (χ3n) is 5.33. The standard InChI is InChI=1S/C23H17N5O2/c1-27-21-5-3-2-4-17(21)18-12-15(8-11-22(18)27)20-13-19(25-23(24)26-20)14-6-9-16(10-7-14)28(29)30/h2-13H,1H3,(H2,24,25,26). The number of hydrogen-bond acceptors (Lipinski definition) is 5. The SMILES string of the molecule is Cn1c2ccccc2c2cc(-c3cc(-c4ccc([N+](=O)[O-])cc4)nc(N)n3)ccc21. The Hall–Kier alpha value is -4.26. The van der Waals surface area contributed by atoms with Crippen molar-refractivity contribution in [1.82, 2.24) is 14.5 Å². The monoisotopic (exact) mass is 395 g/mol. The minimum absolute atomic E-state index is 0.0300. The Balaban J connectivity index is 1.64. The molecule has 5 rings (SSSR count). The first-order chi connectivity index (χ1) is 14.5. The highest BCUT2D eigenvalue weighted by atomic mass is 16.6. The molecule has 0 aliphatic carbocycles. The zero-order valence-electron chi connectivity index (χ0n) is 16.1. The molecule has 5 aromatic rings. The van der Waals surface area contributed by atoms with Crippen LogP contribution in [0.5, 0.6) is 0 Å². The molecule has 0 saturated carbocycles. The summed E-state index contributed by atoms with van der Waals surface area (Å²) in [6.07, 6.45) is 0. The Bertz CT molecular complexity index is 1440. The van der Waals surface area contributed by atoms with Crippen LogP contribution in [0.4, 0.5) is 11.6 Å². The first-order valence-corrected chi connectivity index (χ1v) is 9.38. The molecule has 0 aliphatic heterocycles. The van der Waals surface area contributed by atoms with Gasteiger partial charge in [-0.05, 0) is 36.4 Å². The fourth-order valence-corrected chi connectivity index (χ4v) is 3.84. The number of anilines is 1. The number of nitrogen functional groups attached to an aromatic ring is 1. The van der Waals surface area contributed by atoms with Crippen molar-refractivity contribution in [3.63, 3.8) is 0 Å². The van der Waals surface area contributed by atoms with Crippen molar-refractivity contribution in [2.45, 2.75) is 0 Å². The molecule has 146 valence electrons. The van der Waals surface area contributed by atoms with Crippen LogP contribution in [0, 0.1) is 10.1 Å². The largest absolute Gasteiger partial charge is 0.368 e. The molecule has 0 atom stereocenters. The number of fused-ring (bicyclic) bond motifs is 3. The molecule has 7 heteroatoms. The molecule has 0 amide bonds. The first-order valence-electron chi connectivity index (χ1n) is 9.38. The van der Waals surface area contributed by atoms with Crippen molar-refractivity contribution in [2.75, 3.05) is 5.73 Å². The van der Waals surface area contributed by atoms with Crippen LogP contribution in [-0.2, 0) is 7.05 Å². The molecule has 0 saturated heterocycles. The van der Waals surface area contributed by atoms with Gasteiger partial charge in [-0.2, -0.15) is 0 Å². The van der Waals surface area contributed by atoms with Crippen molar-refractivity contribution in [3.8, 4) is 22.5 Å². The molecule has 0 fully saturated rings. The van der Waals surface area contributed by atoms with Crippen LogP contribution in [0.15, 0.2) is 72.8 Å². The van der Waals surface area contributed by atoms with Gasteiger partial charge in [-0.3, -0.25) is 10.1 Å². The smallest absolute Gasteiger partial charge is 0.269 e. The molecular weight excluding hydrogens is 378 g/mol. The second kappa shape index (κ2) is 6.66. The normalized spacial score (nSPS) is 11.2. The molecule has 2 N–H and O–H groups in total. The zero-order valence-corrected chi connectivity index (χ0v) is 16.1. The maximum absolute atomic E-state index is 10.9. The van der Waals surface area contributed by atoms with Gasteiger partial charge in [0.2, 0.25) is 5.95 Å². The van der Waals surface area contributed by atoms with Gasteiger partial charge in [0.1, 0.15) is 0 Å². The Kier molecular flexibility index (Phi) is 3.96. The van der Waals surface area contributed by atoms with Crippen molar-refractivity contribution in [3.05, 3.63) is 82.9 Å². The van der Waals surface area contributed by atoms with Gasteiger partial charge in [0.25, 0.3) is 5.69 Å². The molecule has 0 radical (unpaired) electrons. The van der Waals surface area contributed by atoms with Crippen LogP contribution < -0.4 is 5.73 Å². The molecule has 2 heterocycles. The van der Waals surface area contributed by atoms with Gasteiger partial charge in [-0.15, -0.1) is 0 Å². The topological polar surface area (TPSA) is 99.9 Å². The summed E-state index contributed by atoms with van der Waals surface area (Å²) in [5, 5.41) is 13.2. The molecule has 0 unspecified atom stereocenters. The Morgan fingerprint density at radius 2 is 1.47 bits per heavy atom. The van der Waals surface area contributed by atoms with Gasteiger partial charge in [0.05, 0.1) is 16.3 Å². The Morgan fingerprint density at radius 3 is 2.20 bits per heavy atom. The van der Waals surface area contributed by atoms with Crippen molar-refractivity contribution in [1.29, 1.82) is 0 Å². The summed E-state index contributed by atoms with van der Waals surface area (Å²) in [4.78, 5) is 19.2. The number of nitro benzene ring substituents is 1. The number of hydrogen-bond donors (Lipinski definition) is 1. The van der Waals surface area contributed by atoms with Crippen LogP contribution in [0.1, 0.15) is 0 Å². The van der Waals surface area contributed by atoms with Gasteiger partial charge in [0, 0.05) is 52.1 Å². The molecule has 0 bridgehead atoms. The predicted octanol–water partition coefficient (Wildman–Crippen LogP) is 4.95. The van der Waals surface area contributed by atoms with Crippen LogP contribution >= 0.6 is 0 Å². The van der Waals surface area contributed by atoms with E-state index in [9.17, 15) is 10.1 Å². The van der Waals surface area contributed by atoms with Gasteiger partial charge in [-0.1, -0.05) is 24.3 Å². The fourth-order valence-electron chi connectivity index (χ4n) is 3.84. The van der Waals surface area contributed by atoms with Crippen molar-refractivity contribution >= 4 is 33.4 Å². The van der Waals surface area contributed by atoms with Crippen molar-refractivity contribution < 1.29 is 4.92 Å². The van der Waals surface area contributed by atoms with E-state index in [4.69, 9.17) is 5.73 Å². The number of aromatic nitrogens is 3. The second-order valence-electron chi connectivity index (χ2n) is 7.11. The summed E-state index contributed by atoms with van der Waals surface area (Å²) in [7, 11) is 2.06. The second-order valence-corrected chi connectivity index (χ2v) is 7.11. The van der Waals surface area contributed by atoms with E-state index in [-0.39, 0.29) is 11.6 Å². The summed E-state index contributed by atoms with van der Waals surface area (Å²) >= 11 is 0. The van der Waals surface area contributed by atoms with E-state index in [1.165, 1.54) is 23.0 Å². The van der Waals surface area contributed by atoms with Gasteiger partial charge in [0.15, 0.2) is 0 Å². The lowest BCUT2D eigenvalue weighted by Crippen LogP contribution is -1.99. The van der Waals surface area contributed by atoms with E-state index >= 15 is 0 Å².